The van der Waals surface area contributed by atoms with Gasteiger partial charge in [0.1, 0.15) is 0 Å². The van der Waals surface area contributed by atoms with Crippen LogP contribution in [-0.2, 0) is 0 Å². The summed E-state index contributed by atoms with van der Waals surface area (Å²) >= 11 is 0. The fourth-order valence-electron chi connectivity index (χ4n) is 3.31. The van der Waals surface area contributed by atoms with E-state index in [-0.39, 0.29) is 25.0 Å². The van der Waals surface area contributed by atoms with E-state index in [4.69, 9.17) is 0 Å². The lowest BCUT2D eigenvalue weighted by Gasteiger charge is -2.32. The number of nitrogens with one attached hydrogen (secondary N) is 1. The van der Waals surface area contributed by atoms with Gasteiger partial charge in [-0.15, -0.1) is 0 Å². The molecule has 0 radical (unpaired) electrons. The van der Waals surface area contributed by atoms with Crippen LogP contribution in [0.2, 0.25) is 0 Å². The average molecular weight is 279 g/mol. The number of aliphatic hydroxyl groups excluding tert-OH is 1. The van der Waals surface area contributed by atoms with Gasteiger partial charge in [0.05, 0.1) is 12.0 Å². The van der Waals surface area contributed by atoms with E-state index in [0.29, 0.717) is 18.8 Å². The van der Waals surface area contributed by atoms with Crippen LogP contribution in [0, 0.1) is 11.8 Å². The topological polar surface area (TPSA) is 32.3 Å². The summed E-state index contributed by atoms with van der Waals surface area (Å²) < 4.78 is 37.6. The number of halogens is 3. The van der Waals surface area contributed by atoms with Crippen LogP contribution in [0.5, 0.6) is 0 Å². The van der Waals surface area contributed by atoms with Crippen LogP contribution >= 0.6 is 0 Å². The molecule has 0 amide bonds. The molecule has 2 N–H and O–H groups in total. The molecule has 0 bridgehead atoms. The molecule has 2 nitrogen and oxygen atoms in total. The summed E-state index contributed by atoms with van der Waals surface area (Å²) in [6, 6.07) is 0.255. The molecule has 0 aromatic carbocycles. The number of hydrogen-bond donors (Lipinski definition) is 2. The number of rotatable bonds is 3. The number of aliphatic hydroxyl groups is 1. The van der Waals surface area contributed by atoms with Gasteiger partial charge >= 0.3 is 6.18 Å². The van der Waals surface area contributed by atoms with Gasteiger partial charge in [0, 0.05) is 6.04 Å². The van der Waals surface area contributed by atoms with Crippen molar-refractivity contribution >= 4 is 0 Å². The minimum atomic E-state index is -4.01. The van der Waals surface area contributed by atoms with E-state index >= 15 is 0 Å². The van der Waals surface area contributed by atoms with Crippen molar-refractivity contribution in [1.82, 2.24) is 5.32 Å². The summed E-state index contributed by atoms with van der Waals surface area (Å²) in [6.07, 6.45) is 1.47. The largest absolute Gasteiger partial charge is 0.393 e. The maximum Gasteiger partial charge on any atom is 0.391 e. The molecule has 2 aliphatic carbocycles. The molecule has 0 spiro atoms. The highest BCUT2D eigenvalue weighted by atomic mass is 19.4. The van der Waals surface area contributed by atoms with Gasteiger partial charge < -0.3 is 10.4 Å². The minimum absolute atomic E-state index is 0.140. The summed E-state index contributed by atoms with van der Waals surface area (Å²) in [6.45, 7) is 0.897. The van der Waals surface area contributed by atoms with Crippen LogP contribution < -0.4 is 5.32 Å². The smallest absolute Gasteiger partial charge is 0.391 e. The highest BCUT2D eigenvalue weighted by molar-refractivity contribution is 4.82. The van der Waals surface area contributed by atoms with Crippen LogP contribution in [0.3, 0.4) is 0 Å². The van der Waals surface area contributed by atoms with E-state index < -0.39 is 12.1 Å². The second-order valence-corrected chi connectivity index (χ2v) is 6.17. The predicted molar refractivity (Wildman–Crippen MR) is 67.8 cm³/mol. The average Bonchev–Trinajstić information content (AvgIpc) is 2.37. The molecule has 2 rings (SSSR count). The zero-order chi connectivity index (χ0) is 13.9. The third-order valence-electron chi connectivity index (χ3n) is 4.70. The van der Waals surface area contributed by atoms with Crippen molar-refractivity contribution in [2.75, 3.05) is 6.54 Å². The SMILES string of the molecule is OC1CCC(CNC2CCC(C(F)(F)F)CC2)CC1. The Kier molecular flexibility index (Phi) is 5.12. The molecule has 0 aromatic heterocycles. The molecule has 2 aliphatic rings. The maximum atomic E-state index is 12.5. The third-order valence-corrected chi connectivity index (χ3v) is 4.70. The Bertz CT molecular complexity index is 266. The molecule has 2 saturated carbocycles. The van der Waals surface area contributed by atoms with Gasteiger partial charge in [0.15, 0.2) is 0 Å². The highest BCUT2D eigenvalue weighted by Crippen LogP contribution is 2.37. The summed E-state index contributed by atoms with van der Waals surface area (Å²) in [4.78, 5) is 0. The molecule has 2 fully saturated rings. The second kappa shape index (κ2) is 6.44. The van der Waals surface area contributed by atoms with E-state index in [1.54, 1.807) is 0 Å². The molecule has 5 heteroatoms. The van der Waals surface area contributed by atoms with Gasteiger partial charge in [-0.1, -0.05) is 0 Å². The van der Waals surface area contributed by atoms with E-state index in [1.165, 1.54) is 0 Å². The summed E-state index contributed by atoms with van der Waals surface area (Å²) in [5, 5.41) is 12.9. The quantitative estimate of drug-likeness (QED) is 0.831. The number of hydrogen-bond acceptors (Lipinski definition) is 2. The molecular formula is C14H24F3NO. The molecule has 112 valence electrons. The van der Waals surface area contributed by atoms with Crippen LogP contribution in [-0.4, -0.2) is 30.0 Å². The Morgan fingerprint density at radius 3 is 2.00 bits per heavy atom. The van der Waals surface area contributed by atoms with Crippen LogP contribution in [0.25, 0.3) is 0 Å². The van der Waals surface area contributed by atoms with E-state index in [1.807, 2.05) is 0 Å². The molecule has 0 aromatic rings. The van der Waals surface area contributed by atoms with E-state index in [9.17, 15) is 18.3 Å². The summed E-state index contributed by atoms with van der Waals surface area (Å²) in [7, 11) is 0. The predicted octanol–water partition coefficient (Wildman–Crippen LogP) is 3.25. The Hall–Kier alpha value is -0.290. The Balaban J connectivity index is 1.63. The van der Waals surface area contributed by atoms with Crippen molar-refractivity contribution in [3.8, 4) is 0 Å². The van der Waals surface area contributed by atoms with Gasteiger partial charge in [-0.05, 0) is 63.8 Å². The summed E-state index contributed by atoms with van der Waals surface area (Å²) in [5.41, 5.74) is 0. The normalized spacial score (nSPS) is 37.3. The second-order valence-electron chi connectivity index (χ2n) is 6.17. The third kappa shape index (κ3) is 4.63. The van der Waals surface area contributed by atoms with Crippen molar-refractivity contribution in [2.45, 2.75) is 69.7 Å². The standard InChI is InChI=1S/C14H24F3NO/c15-14(16,17)11-3-5-12(6-4-11)18-9-10-1-7-13(19)8-2-10/h10-13,18-19H,1-9H2. The van der Waals surface area contributed by atoms with Crippen molar-refractivity contribution < 1.29 is 18.3 Å². The first-order valence-electron chi connectivity index (χ1n) is 7.43. The first kappa shape index (κ1) is 15.1. The van der Waals surface area contributed by atoms with Crippen LogP contribution in [0.1, 0.15) is 51.4 Å². The lowest BCUT2D eigenvalue weighted by molar-refractivity contribution is -0.182. The maximum absolute atomic E-state index is 12.5. The first-order valence-corrected chi connectivity index (χ1v) is 7.43. The Morgan fingerprint density at radius 1 is 0.895 bits per heavy atom. The lowest BCUT2D eigenvalue weighted by Crippen LogP contribution is -2.39. The highest BCUT2D eigenvalue weighted by Gasteiger charge is 2.41. The van der Waals surface area contributed by atoms with Gasteiger partial charge in [-0.25, -0.2) is 0 Å². The Morgan fingerprint density at radius 2 is 1.47 bits per heavy atom. The van der Waals surface area contributed by atoms with Gasteiger partial charge in [0.25, 0.3) is 0 Å². The molecule has 0 saturated heterocycles. The zero-order valence-corrected chi connectivity index (χ0v) is 11.3. The summed E-state index contributed by atoms with van der Waals surface area (Å²) in [5.74, 6) is -0.501. The lowest BCUT2D eigenvalue weighted by atomic mass is 9.84. The minimum Gasteiger partial charge on any atom is -0.393 e. The van der Waals surface area contributed by atoms with Crippen molar-refractivity contribution in [2.24, 2.45) is 11.8 Å². The van der Waals surface area contributed by atoms with E-state index in [2.05, 4.69) is 5.32 Å². The van der Waals surface area contributed by atoms with Gasteiger partial charge in [-0.2, -0.15) is 13.2 Å². The molecule has 0 heterocycles. The van der Waals surface area contributed by atoms with Crippen molar-refractivity contribution in [1.29, 1.82) is 0 Å². The fraction of sp³-hybridized carbons (Fsp3) is 1.00. The Labute approximate surface area is 112 Å². The van der Waals surface area contributed by atoms with Gasteiger partial charge in [0.2, 0.25) is 0 Å². The zero-order valence-electron chi connectivity index (χ0n) is 11.3. The molecule has 0 aliphatic heterocycles. The van der Waals surface area contributed by atoms with Crippen molar-refractivity contribution in [3.63, 3.8) is 0 Å². The molecule has 0 unspecified atom stereocenters. The van der Waals surface area contributed by atoms with Gasteiger partial charge in [-0.3, -0.25) is 0 Å². The monoisotopic (exact) mass is 279 g/mol. The van der Waals surface area contributed by atoms with Crippen molar-refractivity contribution in [3.05, 3.63) is 0 Å². The molecular weight excluding hydrogens is 255 g/mol. The molecule has 19 heavy (non-hydrogen) atoms. The fourth-order valence-corrected chi connectivity index (χ4v) is 3.31. The first-order chi connectivity index (χ1) is 8.95. The number of alkyl halides is 3. The van der Waals surface area contributed by atoms with E-state index in [0.717, 1.165) is 32.2 Å². The van der Waals surface area contributed by atoms with Crippen LogP contribution in [0.4, 0.5) is 13.2 Å². The molecule has 0 atom stereocenters. The van der Waals surface area contributed by atoms with Crippen LogP contribution in [0.15, 0.2) is 0 Å².